The van der Waals surface area contributed by atoms with Crippen LogP contribution in [0.2, 0.25) is 6.82 Å². The van der Waals surface area contributed by atoms with Crippen molar-refractivity contribution >= 4 is 62.6 Å². The number of nitrogens with zero attached hydrogens (tertiary/aromatic N) is 2. The van der Waals surface area contributed by atoms with Crippen molar-refractivity contribution in [3.05, 3.63) is 70.4 Å². The monoisotopic (exact) mass is 430 g/mol. The van der Waals surface area contributed by atoms with Gasteiger partial charge in [0.2, 0.25) is 17.2 Å². The average Bonchev–Trinajstić information content (AvgIpc) is 3.45. The van der Waals surface area contributed by atoms with Gasteiger partial charge in [0.1, 0.15) is 0 Å². The molecule has 1 unspecified atom stereocenters. The summed E-state index contributed by atoms with van der Waals surface area (Å²) in [5, 5.41) is 0. The lowest BCUT2D eigenvalue weighted by Crippen LogP contribution is -2.76. The predicted octanol–water partition coefficient (Wildman–Crippen LogP) is 5.21. The van der Waals surface area contributed by atoms with Gasteiger partial charge in [-0.1, -0.05) is 36.4 Å². The fourth-order valence-electron chi connectivity index (χ4n) is 4.77. The second-order valence-electron chi connectivity index (χ2n) is 8.06. The number of hydrogen-bond acceptors (Lipinski definition) is 4. The molecule has 6 heteroatoms. The van der Waals surface area contributed by atoms with E-state index in [0.29, 0.717) is 0 Å². The molecule has 4 heterocycles. The molecule has 0 spiro atoms. The second-order valence-corrected chi connectivity index (χ2v) is 11.3. The summed E-state index contributed by atoms with van der Waals surface area (Å²) < 4.78 is 7.51. The standard InChI is InChI=1S/C23H19BN2S3/c1-14-9-12-20(27-14)17-10-11-18-22-21(17)25-29-26(22)24(3,16-7-5-4-6-8-16)19-13-15(2)28-23(18)19/h4-13H,1-3H3. The van der Waals surface area contributed by atoms with Crippen LogP contribution >= 0.6 is 34.4 Å². The molecule has 2 aromatic carbocycles. The number of aryl methyl sites for hydroxylation is 2. The largest absolute Gasteiger partial charge is 0.358 e. The zero-order valence-corrected chi connectivity index (χ0v) is 18.9. The normalized spacial score (nSPS) is 17.6. The molecule has 1 atom stereocenters. The van der Waals surface area contributed by atoms with E-state index in [-0.39, 0.29) is 0 Å². The Morgan fingerprint density at radius 2 is 1.66 bits per heavy atom. The van der Waals surface area contributed by atoms with Gasteiger partial charge in [0, 0.05) is 30.1 Å². The number of benzene rings is 2. The first-order chi connectivity index (χ1) is 14.1. The zero-order chi connectivity index (χ0) is 19.8. The van der Waals surface area contributed by atoms with Gasteiger partial charge in [-0.25, -0.2) is 0 Å². The van der Waals surface area contributed by atoms with E-state index >= 15 is 0 Å². The highest BCUT2D eigenvalue weighted by Crippen LogP contribution is 2.40. The number of fused-ring (bicyclic) bond motifs is 2. The first-order valence-electron chi connectivity index (χ1n) is 9.85. The van der Waals surface area contributed by atoms with Crippen LogP contribution < -0.4 is 14.8 Å². The molecular formula is C23H19BN2S3. The zero-order valence-electron chi connectivity index (χ0n) is 16.5. The summed E-state index contributed by atoms with van der Waals surface area (Å²) in [7, 11) is 0. The third-order valence-electron chi connectivity index (χ3n) is 6.25. The van der Waals surface area contributed by atoms with Crippen LogP contribution in [0.25, 0.3) is 31.9 Å². The highest BCUT2D eigenvalue weighted by molar-refractivity contribution is 7.19. The van der Waals surface area contributed by atoms with Crippen LogP contribution in [-0.2, 0) is 0 Å². The van der Waals surface area contributed by atoms with Crippen LogP contribution in [0.5, 0.6) is 0 Å². The van der Waals surface area contributed by atoms with Crippen molar-refractivity contribution in [2.24, 2.45) is 0 Å². The Balaban J connectivity index is 1.73. The molecule has 0 saturated carbocycles. The van der Waals surface area contributed by atoms with Gasteiger partial charge < -0.3 is 3.87 Å². The summed E-state index contributed by atoms with van der Waals surface area (Å²) >= 11 is 5.38. The Morgan fingerprint density at radius 3 is 2.41 bits per heavy atom. The van der Waals surface area contributed by atoms with Crippen LogP contribution in [0.15, 0.2) is 60.7 Å². The molecule has 3 aromatic heterocycles. The van der Waals surface area contributed by atoms with Crippen LogP contribution in [-0.4, -0.2) is 10.7 Å². The molecule has 1 aliphatic rings. The minimum atomic E-state index is -1.10. The topological polar surface area (TPSA) is 16.8 Å². The summed E-state index contributed by atoms with van der Waals surface area (Å²) in [6.07, 6.45) is -1.10. The third-order valence-corrected chi connectivity index (χ3v) is 9.43. The van der Waals surface area contributed by atoms with Gasteiger partial charge in [-0.15, -0.1) is 35.0 Å². The summed E-state index contributed by atoms with van der Waals surface area (Å²) in [4.78, 5) is 5.41. The van der Waals surface area contributed by atoms with Crippen molar-refractivity contribution in [2.75, 3.05) is 0 Å². The number of hydrogen-bond donors (Lipinski definition) is 0. The molecule has 0 fully saturated rings. The maximum absolute atomic E-state index is 5.01. The molecular weight excluding hydrogens is 411 g/mol. The molecule has 142 valence electrons. The molecule has 0 bridgehead atoms. The molecule has 29 heavy (non-hydrogen) atoms. The van der Waals surface area contributed by atoms with Crippen molar-refractivity contribution in [3.8, 4) is 20.9 Å². The lowest BCUT2D eigenvalue weighted by molar-refractivity contribution is -0.431. The minimum absolute atomic E-state index is 1.10. The maximum Gasteiger partial charge on any atom is 0.257 e. The van der Waals surface area contributed by atoms with Gasteiger partial charge in [-0.05, 0) is 43.0 Å². The third kappa shape index (κ3) is 2.34. The van der Waals surface area contributed by atoms with Gasteiger partial charge in [0.15, 0.2) is 5.52 Å². The van der Waals surface area contributed by atoms with Crippen LogP contribution in [0.4, 0.5) is 0 Å². The van der Waals surface area contributed by atoms with Gasteiger partial charge in [-0.3, -0.25) is 0 Å². The van der Waals surface area contributed by atoms with Crippen molar-refractivity contribution in [1.29, 1.82) is 0 Å². The van der Waals surface area contributed by atoms with E-state index in [2.05, 4.69) is 85.2 Å². The van der Waals surface area contributed by atoms with Crippen molar-refractivity contribution < 1.29 is 3.87 Å². The highest BCUT2D eigenvalue weighted by atomic mass is 32.1. The van der Waals surface area contributed by atoms with Crippen LogP contribution in [0, 0.1) is 13.8 Å². The Hall–Kier alpha value is -2.28. The number of thiophene rings is 2. The Labute approximate surface area is 182 Å². The fourth-order valence-corrected chi connectivity index (χ4v) is 7.89. The van der Waals surface area contributed by atoms with Gasteiger partial charge in [0.25, 0.3) is 6.28 Å². The Kier molecular flexibility index (Phi) is 3.70. The maximum atomic E-state index is 5.01. The summed E-state index contributed by atoms with van der Waals surface area (Å²) in [5.41, 5.74) is 7.81. The quantitative estimate of drug-likeness (QED) is 0.352. The Morgan fingerprint density at radius 1 is 0.862 bits per heavy atom. The lowest BCUT2D eigenvalue weighted by Gasteiger charge is -2.36. The van der Waals surface area contributed by atoms with Gasteiger partial charge in [0.05, 0.1) is 0 Å². The molecule has 0 saturated heterocycles. The van der Waals surface area contributed by atoms with E-state index in [4.69, 9.17) is 4.37 Å². The molecule has 2 nitrogen and oxygen atoms in total. The summed E-state index contributed by atoms with van der Waals surface area (Å²) in [6, 6.07) is 22.4. The van der Waals surface area contributed by atoms with E-state index in [0.717, 1.165) is 5.52 Å². The minimum Gasteiger partial charge on any atom is -0.358 e. The highest BCUT2D eigenvalue weighted by Gasteiger charge is 2.42. The van der Waals surface area contributed by atoms with Gasteiger partial charge in [-0.2, -0.15) is 5.46 Å². The average molecular weight is 430 g/mol. The van der Waals surface area contributed by atoms with E-state index in [1.165, 1.54) is 47.1 Å². The summed E-state index contributed by atoms with van der Waals surface area (Å²) in [6.45, 7) is 6.80. The molecule has 0 aliphatic carbocycles. The fraction of sp³-hybridized carbons (Fsp3) is 0.130. The van der Waals surface area contributed by atoms with E-state index in [1.807, 2.05) is 22.7 Å². The lowest BCUT2D eigenvalue weighted by atomic mass is 9.29. The molecule has 0 radical (unpaired) electrons. The van der Waals surface area contributed by atoms with E-state index in [1.54, 1.807) is 11.7 Å². The number of rotatable bonds is 2. The predicted molar refractivity (Wildman–Crippen MR) is 129 cm³/mol. The van der Waals surface area contributed by atoms with Crippen molar-refractivity contribution in [3.63, 3.8) is 0 Å². The van der Waals surface area contributed by atoms with Crippen LogP contribution in [0.1, 0.15) is 9.75 Å². The van der Waals surface area contributed by atoms with Crippen LogP contribution in [0.3, 0.4) is 0 Å². The second kappa shape index (κ2) is 6.11. The van der Waals surface area contributed by atoms with E-state index < -0.39 is 6.28 Å². The first kappa shape index (κ1) is 17.6. The molecule has 5 aromatic rings. The van der Waals surface area contributed by atoms with Crippen molar-refractivity contribution in [1.82, 2.24) is 4.37 Å². The van der Waals surface area contributed by atoms with Gasteiger partial charge >= 0.3 is 0 Å². The first-order valence-corrected chi connectivity index (χ1v) is 12.2. The molecule has 1 aliphatic heterocycles. The summed E-state index contributed by atoms with van der Waals surface area (Å²) in [5.74, 6) is 0. The smallest absolute Gasteiger partial charge is 0.257 e. The molecule has 6 rings (SSSR count). The number of aromatic nitrogens is 2. The van der Waals surface area contributed by atoms with E-state index in [9.17, 15) is 0 Å². The Bertz CT molecular complexity index is 1400. The molecule has 0 N–H and O–H groups in total. The van der Waals surface area contributed by atoms with Crippen molar-refractivity contribution in [2.45, 2.75) is 20.7 Å². The molecule has 0 amide bonds. The SMILES string of the molecule is Cc1ccc(-c2ccc3c4c2ns[n+]4[B-](C)(c2ccccc2)c2cc(C)sc2-3)s1.